The second-order valence-corrected chi connectivity index (χ2v) is 8.21. The average Bonchev–Trinajstić information content (AvgIpc) is 3.55. The molecule has 174 valence electrons. The van der Waals surface area contributed by atoms with E-state index in [4.69, 9.17) is 14.2 Å². The van der Waals surface area contributed by atoms with E-state index < -0.39 is 29.8 Å². The molecule has 2 heterocycles. The highest BCUT2D eigenvalue weighted by molar-refractivity contribution is 5.92. The van der Waals surface area contributed by atoms with Crippen LogP contribution in [0.3, 0.4) is 0 Å². The molecule has 1 N–H and O–H groups in total. The van der Waals surface area contributed by atoms with E-state index >= 15 is 0 Å². The van der Waals surface area contributed by atoms with Gasteiger partial charge in [-0.05, 0) is 42.7 Å². The Balaban J connectivity index is 1.41. The van der Waals surface area contributed by atoms with Crippen molar-refractivity contribution in [1.29, 1.82) is 0 Å². The van der Waals surface area contributed by atoms with E-state index in [1.54, 1.807) is 24.3 Å². The summed E-state index contributed by atoms with van der Waals surface area (Å²) in [5.74, 6) is -0.0541. The predicted octanol–water partition coefficient (Wildman–Crippen LogP) is 3.23. The zero-order valence-electron chi connectivity index (χ0n) is 17.9. The number of benzene rings is 2. The molecule has 0 radical (unpaired) electrons. The highest BCUT2D eigenvalue weighted by Gasteiger charge is 2.53. The minimum absolute atomic E-state index is 0.0758. The van der Waals surface area contributed by atoms with Crippen molar-refractivity contribution in [3.05, 3.63) is 47.5 Å². The molecule has 1 saturated carbocycles. The maximum absolute atomic E-state index is 13.4. The summed E-state index contributed by atoms with van der Waals surface area (Å²) in [5, 5.41) is 3.02. The number of ether oxygens (including phenoxy) is 5. The fraction of sp³-hybridized carbons (Fsp3) is 0.391. The molecular weight excluding hydrogens is 440 g/mol. The third-order valence-electron chi connectivity index (χ3n) is 6.22. The Kier molecular flexibility index (Phi) is 4.84. The van der Waals surface area contributed by atoms with Crippen LogP contribution in [0.2, 0.25) is 0 Å². The third kappa shape index (κ3) is 3.69. The molecule has 1 aliphatic carbocycles. The molecule has 3 aliphatic rings. The number of halogens is 2. The minimum Gasteiger partial charge on any atom is -0.497 e. The number of carbonyl (C=O) groups excluding carboxylic acids is 2. The van der Waals surface area contributed by atoms with Crippen molar-refractivity contribution >= 4 is 11.9 Å². The summed E-state index contributed by atoms with van der Waals surface area (Å²) in [4.78, 5) is 25.6. The summed E-state index contributed by atoms with van der Waals surface area (Å²) in [6.45, 7) is 0. The number of methoxy groups -OCH3 is 2. The van der Waals surface area contributed by atoms with Crippen LogP contribution in [0.1, 0.15) is 36.4 Å². The van der Waals surface area contributed by atoms with Crippen LogP contribution >= 0.6 is 0 Å². The summed E-state index contributed by atoms with van der Waals surface area (Å²) < 4.78 is 51.6. The molecule has 5 rings (SSSR count). The lowest BCUT2D eigenvalue weighted by atomic mass is 9.91. The van der Waals surface area contributed by atoms with Crippen molar-refractivity contribution in [2.75, 3.05) is 14.2 Å². The minimum atomic E-state index is -3.73. The lowest BCUT2D eigenvalue weighted by Crippen LogP contribution is -2.43. The Morgan fingerprint density at radius 3 is 2.48 bits per heavy atom. The van der Waals surface area contributed by atoms with Crippen LogP contribution < -0.4 is 24.3 Å². The first-order valence-electron chi connectivity index (χ1n) is 10.4. The fourth-order valence-electron chi connectivity index (χ4n) is 4.30. The Labute approximate surface area is 187 Å². The summed E-state index contributed by atoms with van der Waals surface area (Å²) in [5.41, 5.74) is 0.388. The molecular formula is C23H21F2NO7. The average molecular weight is 461 g/mol. The molecule has 2 aromatic rings. The number of rotatable bonds is 5. The SMILES string of the molecule is COC(=O)[C@H]1C[C@H](NC(=O)C2(c3ccc4c(c3)OC(F)(F)O4)CC2)c2ccc(OC)cc2O1. The van der Waals surface area contributed by atoms with Gasteiger partial charge >= 0.3 is 12.3 Å². The second kappa shape index (κ2) is 7.50. The second-order valence-electron chi connectivity index (χ2n) is 8.21. The molecule has 0 bridgehead atoms. The fourth-order valence-corrected chi connectivity index (χ4v) is 4.30. The Bertz CT molecular complexity index is 1130. The molecule has 0 unspecified atom stereocenters. The molecule has 33 heavy (non-hydrogen) atoms. The van der Waals surface area contributed by atoms with Gasteiger partial charge in [-0.15, -0.1) is 8.78 Å². The van der Waals surface area contributed by atoms with Gasteiger partial charge in [0.25, 0.3) is 0 Å². The summed E-state index contributed by atoms with van der Waals surface area (Å²) in [7, 11) is 2.78. The van der Waals surface area contributed by atoms with Crippen molar-refractivity contribution in [3.8, 4) is 23.0 Å². The molecule has 0 spiro atoms. The smallest absolute Gasteiger partial charge is 0.497 e. The van der Waals surface area contributed by atoms with Gasteiger partial charge in [-0.25, -0.2) is 4.79 Å². The number of nitrogens with one attached hydrogen (secondary N) is 1. The molecule has 0 aromatic heterocycles. The summed E-state index contributed by atoms with van der Waals surface area (Å²) >= 11 is 0. The van der Waals surface area contributed by atoms with E-state index in [0.29, 0.717) is 35.5 Å². The zero-order valence-corrected chi connectivity index (χ0v) is 17.9. The molecule has 10 heteroatoms. The predicted molar refractivity (Wildman–Crippen MR) is 108 cm³/mol. The van der Waals surface area contributed by atoms with Crippen molar-refractivity contribution in [3.63, 3.8) is 0 Å². The van der Waals surface area contributed by atoms with E-state index in [0.717, 1.165) is 0 Å². The maximum atomic E-state index is 13.4. The summed E-state index contributed by atoms with van der Waals surface area (Å²) in [6, 6.07) is 9.03. The molecule has 0 saturated heterocycles. The largest absolute Gasteiger partial charge is 0.586 e. The highest BCUT2D eigenvalue weighted by atomic mass is 19.3. The lowest BCUT2D eigenvalue weighted by Gasteiger charge is -2.32. The maximum Gasteiger partial charge on any atom is 0.586 e. The number of hydrogen-bond acceptors (Lipinski definition) is 7. The van der Waals surface area contributed by atoms with Crippen LogP contribution in [0.5, 0.6) is 23.0 Å². The monoisotopic (exact) mass is 461 g/mol. The Hall–Kier alpha value is -3.56. The Morgan fingerprint density at radius 1 is 1.03 bits per heavy atom. The van der Waals surface area contributed by atoms with E-state index in [2.05, 4.69) is 14.8 Å². The first-order valence-corrected chi connectivity index (χ1v) is 10.4. The van der Waals surface area contributed by atoms with Crippen molar-refractivity contribution in [2.45, 2.75) is 43.1 Å². The molecule has 1 amide bonds. The van der Waals surface area contributed by atoms with Crippen molar-refractivity contribution < 1.29 is 42.1 Å². The van der Waals surface area contributed by atoms with Gasteiger partial charge in [0, 0.05) is 18.1 Å². The van der Waals surface area contributed by atoms with E-state index in [1.165, 1.54) is 26.4 Å². The quantitative estimate of drug-likeness (QED) is 0.684. The van der Waals surface area contributed by atoms with Crippen LogP contribution in [0.15, 0.2) is 36.4 Å². The van der Waals surface area contributed by atoms with Crippen LogP contribution in [-0.4, -0.2) is 38.5 Å². The first kappa shape index (κ1) is 21.3. The lowest BCUT2D eigenvalue weighted by molar-refractivity contribution is -0.286. The topological polar surface area (TPSA) is 92.3 Å². The van der Waals surface area contributed by atoms with E-state index in [-0.39, 0.29) is 23.8 Å². The van der Waals surface area contributed by atoms with Crippen molar-refractivity contribution in [2.24, 2.45) is 0 Å². The third-order valence-corrected chi connectivity index (χ3v) is 6.22. The number of hydrogen-bond donors (Lipinski definition) is 1. The highest BCUT2D eigenvalue weighted by Crippen LogP contribution is 2.52. The molecule has 1 fully saturated rings. The van der Waals surface area contributed by atoms with Crippen molar-refractivity contribution in [1.82, 2.24) is 5.32 Å². The number of fused-ring (bicyclic) bond motifs is 2. The molecule has 2 aliphatic heterocycles. The van der Waals surface area contributed by atoms with Gasteiger partial charge < -0.3 is 29.0 Å². The van der Waals surface area contributed by atoms with E-state index in [9.17, 15) is 18.4 Å². The van der Waals surface area contributed by atoms with Crippen LogP contribution in [-0.2, 0) is 19.7 Å². The van der Waals surface area contributed by atoms with Crippen LogP contribution in [0, 0.1) is 0 Å². The normalized spacial score (nSPS) is 23.0. The van der Waals surface area contributed by atoms with Crippen LogP contribution in [0.25, 0.3) is 0 Å². The van der Waals surface area contributed by atoms with Gasteiger partial charge in [0.15, 0.2) is 17.6 Å². The van der Waals surface area contributed by atoms with E-state index in [1.807, 2.05) is 0 Å². The van der Waals surface area contributed by atoms with Gasteiger partial charge in [0.1, 0.15) is 11.5 Å². The zero-order chi connectivity index (χ0) is 23.4. The van der Waals surface area contributed by atoms with Gasteiger partial charge in [-0.3, -0.25) is 4.79 Å². The molecule has 2 aromatic carbocycles. The summed E-state index contributed by atoms with van der Waals surface area (Å²) in [6.07, 6.45) is -3.35. The number of alkyl halides is 2. The van der Waals surface area contributed by atoms with Crippen LogP contribution in [0.4, 0.5) is 8.78 Å². The molecule has 2 atom stereocenters. The van der Waals surface area contributed by atoms with Gasteiger partial charge in [-0.2, -0.15) is 0 Å². The van der Waals surface area contributed by atoms with Gasteiger partial charge in [0.05, 0.1) is 25.7 Å². The Morgan fingerprint density at radius 2 is 1.79 bits per heavy atom. The van der Waals surface area contributed by atoms with Gasteiger partial charge in [-0.1, -0.05) is 6.07 Å². The van der Waals surface area contributed by atoms with Gasteiger partial charge in [0.2, 0.25) is 5.91 Å². The molecule has 8 nitrogen and oxygen atoms in total. The first-order chi connectivity index (χ1) is 15.7. The number of esters is 1. The standard InChI is InChI=1S/C23H21F2NO7/c1-29-13-4-5-14-15(11-19(20(27)30-2)31-17(14)10-13)26-21(28)22(7-8-22)12-3-6-16-18(9-12)33-23(24,25)32-16/h3-6,9-10,15,19H,7-8,11H2,1-2H3,(H,26,28)/t15-,19+/m0/s1. The number of carbonyl (C=O) groups is 2. The number of amides is 1.